The number of nitro groups is 1. The molecule has 0 aliphatic rings. The van der Waals surface area contributed by atoms with E-state index in [4.69, 9.17) is 0 Å². The maximum atomic E-state index is 12.4. The van der Waals surface area contributed by atoms with Gasteiger partial charge < -0.3 is 10.1 Å². The van der Waals surface area contributed by atoms with Gasteiger partial charge in [-0.05, 0) is 30.5 Å². The maximum absolute atomic E-state index is 12.4. The monoisotopic (exact) mass is 346 g/mol. The highest BCUT2D eigenvalue weighted by atomic mass is 32.2. The number of anilines is 1. The fourth-order valence-corrected chi connectivity index (χ4v) is 2.60. The fourth-order valence-electron chi connectivity index (χ4n) is 2.05. The third-order valence-corrected chi connectivity index (χ3v) is 4.00. The van der Waals surface area contributed by atoms with Crippen molar-refractivity contribution in [3.05, 3.63) is 63.7 Å². The van der Waals surface area contributed by atoms with Crippen LogP contribution in [-0.2, 0) is 4.74 Å². The van der Waals surface area contributed by atoms with Crippen LogP contribution in [0.25, 0.3) is 0 Å². The SMILES string of the molecule is COC(=O)c1ccccc1NC(=O)c1ccc(SC)c([N+](=O)[O-])c1. The van der Waals surface area contributed by atoms with E-state index in [9.17, 15) is 19.7 Å². The zero-order valence-corrected chi connectivity index (χ0v) is 13.8. The standard InChI is InChI=1S/C16H14N2O5S/c1-23-16(20)11-5-3-4-6-12(11)17-15(19)10-7-8-14(24-2)13(9-10)18(21)22/h3-9H,1-2H3,(H,17,19). The normalized spacial score (nSPS) is 10.1. The topological polar surface area (TPSA) is 98.5 Å². The van der Waals surface area contributed by atoms with Gasteiger partial charge in [0.1, 0.15) is 0 Å². The number of thioether (sulfide) groups is 1. The molecule has 0 atom stereocenters. The number of hydrogen-bond donors (Lipinski definition) is 1. The van der Waals surface area contributed by atoms with Crippen molar-refractivity contribution in [2.24, 2.45) is 0 Å². The highest BCUT2D eigenvalue weighted by Crippen LogP contribution is 2.28. The first-order chi connectivity index (χ1) is 11.5. The van der Waals surface area contributed by atoms with Gasteiger partial charge in [-0.25, -0.2) is 4.79 Å². The van der Waals surface area contributed by atoms with Gasteiger partial charge in [-0.2, -0.15) is 0 Å². The van der Waals surface area contributed by atoms with Gasteiger partial charge in [-0.3, -0.25) is 14.9 Å². The van der Waals surface area contributed by atoms with Gasteiger partial charge in [-0.1, -0.05) is 12.1 Å². The summed E-state index contributed by atoms with van der Waals surface area (Å²) in [5.41, 5.74) is 0.449. The zero-order chi connectivity index (χ0) is 17.7. The molecule has 0 fully saturated rings. The Morgan fingerprint density at radius 3 is 2.54 bits per heavy atom. The maximum Gasteiger partial charge on any atom is 0.339 e. The number of para-hydroxylation sites is 1. The van der Waals surface area contributed by atoms with Crippen LogP contribution in [0.3, 0.4) is 0 Å². The number of ether oxygens (including phenoxy) is 1. The van der Waals surface area contributed by atoms with Crippen molar-refractivity contribution in [2.45, 2.75) is 4.90 Å². The number of carbonyl (C=O) groups is 2. The second kappa shape index (κ2) is 7.60. The Hall–Kier alpha value is -2.87. The molecule has 2 aromatic carbocycles. The number of nitro benzene ring substituents is 1. The highest BCUT2D eigenvalue weighted by molar-refractivity contribution is 7.98. The van der Waals surface area contributed by atoms with E-state index in [-0.39, 0.29) is 22.5 Å². The van der Waals surface area contributed by atoms with E-state index in [1.54, 1.807) is 24.5 Å². The van der Waals surface area contributed by atoms with Gasteiger partial charge in [-0.15, -0.1) is 11.8 Å². The van der Waals surface area contributed by atoms with Crippen molar-refractivity contribution in [3.63, 3.8) is 0 Å². The molecule has 0 saturated heterocycles. The molecule has 1 amide bonds. The van der Waals surface area contributed by atoms with Crippen molar-refractivity contribution in [2.75, 3.05) is 18.7 Å². The van der Waals surface area contributed by atoms with Crippen LogP contribution in [0, 0.1) is 10.1 Å². The van der Waals surface area contributed by atoms with Gasteiger partial charge in [0.15, 0.2) is 0 Å². The molecule has 0 aliphatic carbocycles. The molecule has 0 radical (unpaired) electrons. The van der Waals surface area contributed by atoms with E-state index in [1.165, 1.54) is 43.1 Å². The minimum absolute atomic E-state index is 0.124. The molecule has 1 N–H and O–H groups in total. The molecule has 0 saturated carbocycles. The summed E-state index contributed by atoms with van der Waals surface area (Å²) >= 11 is 1.22. The Morgan fingerprint density at radius 1 is 1.21 bits per heavy atom. The molecule has 24 heavy (non-hydrogen) atoms. The minimum atomic E-state index is -0.588. The molecular formula is C16H14N2O5S. The van der Waals surface area contributed by atoms with E-state index < -0.39 is 16.8 Å². The molecule has 0 bridgehead atoms. The van der Waals surface area contributed by atoms with Gasteiger partial charge >= 0.3 is 5.97 Å². The minimum Gasteiger partial charge on any atom is -0.465 e. The molecule has 124 valence electrons. The van der Waals surface area contributed by atoms with Crippen LogP contribution < -0.4 is 5.32 Å². The number of amides is 1. The first kappa shape index (κ1) is 17.5. The molecule has 2 rings (SSSR count). The van der Waals surface area contributed by atoms with Crippen molar-refractivity contribution < 1.29 is 19.2 Å². The van der Waals surface area contributed by atoms with E-state index in [2.05, 4.69) is 10.1 Å². The van der Waals surface area contributed by atoms with Crippen LogP contribution in [0.4, 0.5) is 11.4 Å². The van der Waals surface area contributed by atoms with Crippen LogP contribution in [0.2, 0.25) is 0 Å². The van der Waals surface area contributed by atoms with E-state index in [1.807, 2.05) is 0 Å². The largest absolute Gasteiger partial charge is 0.465 e. The molecular weight excluding hydrogens is 332 g/mol. The lowest BCUT2D eigenvalue weighted by atomic mass is 10.1. The summed E-state index contributed by atoms with van der Waals surface area (Å²) in [6, 6.07) is 10.6. The molecule has 2 aromatic rings. The second-order valence-corrected chi connectivity index (χ2v) is 5.48. The molecule has 0 spiro atoms. The van der Waals surface area contributed by atoms with Crippen molar-refractivity contribution in [1.82, 2.24) is 0 Å². The van der Waals surface area contributed by atoms with Gasteiger partial charge in [0.05, 0.1) is 28.2 Å². The van der Waals surface area contributed by atoms with Gasteiger partial charge in [0.25, 0.3) is 11.6 Å². The number of nitrogens with zero attached hydrogens (tertiary/aromatic N) is 1. The zero-order valence-electron chi connectivity index (χ0n) is 12.9. The Morgan fingerprint density at radius 2 is 1.92 bits per heavy atom. The van der Waals surface area contributed by atoms with Crippen LogP contribution in [0.1, 0.15) is 20.7 Å². The Labute approximate surface area is 142 Å². The summed E-state index contributed by atoms with van der Waals surface area (Å²) in [4.78, 5) is 35.1. The average molecular weight is 346 g/mol. The first-order valence-corrected chi connectivity index (χ1v) is 8.01. The molecule has 0 aliphatic heterocycles. The molecule has 0 aromatic heterocycles. The van der Waals surface area contributed by atoms with E-state index in [0.29, 0.717) is 4.90 Å². The summed E-state index contributed by atoms with van der Waals surface area (Å²) in [5, 5.41) is 13.7. The summed E-state index contributed by atoms with van der Waals surface area (Å²) in [7, 11) is 1.24. The number of methoxy groups -OCH3 is 1. The quantitative estimate of drug-likeness (QED) is 0.386. The van der Waals surface area contributed by atoms with E-state index >= 15 is 0 Å². The number of benzene rings is 2. The van der Waals surface area contributed by atoms with E-state index in [0.717, 1.165) is 0 Å². The Bertz CT molecular complexity index is 807. The lowest BCUT2D eigenvalue weighted by Gasteiger charge is -2.10. The van der Waals surface area contributed by atoms with Gasteiger partial charge in [0.2, 0.25) is 0 Å². The number of carbonyl (C=O) groups excluding carboxylic acids is 2. The fraction of sp³-hybridized carbons (Fsp3) is 0.125. The second-order valence-electron chi connectivity index (χ2n) is 4.64. The number of nitrogens with one attached hydrogen (secondary N) is 1. The summed E-state index contributed by atoms with van der Waals surface area (Å²) in [6.45, 7) is 0. The smallest absolute Gasteiger partial charge is 0.339 e. The molecule has 0 unspecified atom stereocenters. The van der Waals surface area contributed by atoms with Crippen molar-refractivity contribution in [3.8, 4) is 0 Å². The number of hydrogen-bond acceptors (Lipinski definition) is 6. The van der Waals surface area contributed by atoms with Crippen LogP contribution in [0.15, 0.2) is 47.4 Å². The predicted molar refractivity (Wildman–Crippen MR) is 90.6 cm³/mol. The van der Waals surface area contributed by atoms with Crippen molar-refractivity contribution in [1.29, 1.82) is 0 Å². The number of rotatable bonds is 5. The van der Waals surface area contributed by atoms with Crippen LogP contribution in [0.5, 0.6) is 0 Å². The lowest BCUT2D eigenvalue weighted by molar-refractivity contribution is -0.387. The van der Waals surface area contributed by atoms with Gasteiger partial charge in [0, 0.05) is 11.6 Å². The lowest BCUT2D eigenvalue weighted by Crippen LogP contribution is -2.15. The summed E-state index contributed by atoms with van der Waals surface area (Å²) < 4.78 is 4.66. The van der Waals surface area contributed by atoms with Crippen LogP contribution >= 0.6 is 11.8 Å². The first-order valence-electron chi connectivity index (χ1n) is 6.79. The average Bonchev–Trinajstić information content (AvgIpc) is 2.60. The molecule has 0 heterocycles. The predicted octanol–water partition coefficient (Wildman–Crippen LogP) is 3.36. The number of esters is 1. The van der Waals surface area contributed by atoms with Crippen LogP contribution in [-0.4, -0.2) is 30.2 Å². The van der Waals surface area contributed by atoms with Crippen molar-refractivity contribution >= 4 is 35.0 Å². The third-order valence-electron chi connectivity index (χ3n) is 3.22. The summed E-state index contributed by atoms with van der Waals surface area (Å²) in [6.07, 6.45) is 1.72. The Kier molecular flexibility index (Phi) is 5.54. The molecule has 8 heteroatoms. The Balaban J connectivity index is 2.33. The highest BCUT2D eigenvalue weighted by Gasteiger charge is 2.19. The summed E-state index contributed by atoms with van der Waals surface area (Å²) in [5.74, 6) is -1.14. The third kappa shape index (κ3) is 3.72. The molecule has 7 nitrogen and oxygen atoms in total.